The number of carbonyl (C=O) groups is 1. The van der Waals surface area contributed by atoms with Gasteiger partial charge in [0, 0.05) is 11.6 Å². The molecular weight excluding hydrogens is 416 g/mol. The summed E-state index contributed by atoms with van der Waals surface area (Å²) in [7, 11) is -3.89. The number of aryl methyl sites for hydroxylation is 1. The summed E-state index contributed by atoms with van der Waals surface area (Å²) in [5.41, 5.74) is 2.99. The van der Waals surface area contributed by atoms with Crippen molar-refractivity contribution < 1.29 is 22.7 Å². The van der Waals surface area contributed by atoms with E-state index in [1.165, 1.54) is 17.7 Å². The number of fused-ring (bicyclic) bond motifs is 2. The zero-order chi connectivity index (χ0) is 21.4. The minimum Gasteiger partial charge on any atom is -0.454 e. The average Bonchev–Trinajstić information content (AvgIpc) is 3.40. The molecule has 1 amide bonds. The highest BCUT2D eigenvalue weighted by atomic mass is 32.2. The lowest BCUT2D eigenvalue weighted by molar-refractivity contribution is 0.0936. The van der Waals surface area contributed by atoms with Gasteiger partial charge in [0.25, 0.3) is 15.9 Å². The maximum atomic E-state index is 12.9. The van der Waals surface area contributed by atoms with E-state index in [0.717, 1.165) is 18.4 Å². The van der Waals surface area contributed by atoms with Crippen molar-refractivity contribution in [1.29, 1.82) is 0 Å². The summed E-state index contributed by atoms with van der Waals surface area (Å²) >= 11 is 0. The van der Waals surface area contributed by atoms with Crippen LogP contribution in [0.15, 0.2) is 71.6 Å². The van der Waals surface area contributed by atoms with E-state index in [1.54, 1.807) is 30.3 Å². The lowest BCUT2D eigenvalue weighted by atomic mass is 10.1. The minimum absolute atomic E-state index is 0.00430. The number of anilines is 1. The number of hydrogen-bond acceptors (Lipinski definition) is 5. The molecule has 31 heavy (non-hydrogen) atoms. The molecule has 0 spiro atoms. The van der Waals surface area contributed by atoms with Gasteiger partial charge in [-0.25, -0.2) is 8.42 Å². The van der Waals surface area contributed by atoms with Crippen molar-refractivity contribution in [2.24, 2.45) is 0 Å². The number of benzene rings is 3. The van der Waals surface area contributed by atoms with Crippen LogP contribution < -0.4 is 19.5 Å². The molecule has 1 aliphatic heterocycles. The lowest BCUT2D eigenvalue weighted by Crippen LogP contribution is -2.27. The predicted octanol–water partition coefficient (Wildman–Crippen LogP) is 3.63. The lowest BCUT2D eigenvalue weighted by Gasteiger charge is -2.15. The third kappa shape index (κ3) is 3.82. The smallest absolute Gasteiger partial charge is 0.261 e. The summed E-state index contributed by atoms with van der Waals surface area (Å²) in [4.78, 5) is 12.8. The fraction of sp³-hybridized carbons (Fsp3) is 0.174. The largest absolute Gasteiger partial charge is 0.454 e. The van der Waals surface area contributed by atoms with Crippen molar-refractivity contribution in [2.75, 3.05) is 11.5 Å². The third-order valence-corrected chi connectivity index (χ3v) is 6.85. The van der Waals surface area contributed by atoms with Crippen molar-refractivity contribution in [3.8, 4) is 11.5 Å². The minimum atomic E-state index is -3.89. The highest BCUT2D eigenvalue weighted by Gasteiger charge is 2.25. The summed E-state index contributed by atoms with van der Waals surface area (Å²) in [6, 6.07) is 18.8. The van der Waals surface area contributed by atoms with Crippen molar-refractivity contribution in [3.05, 3.63) is 83.4 Å². The third-order valence-electron chi connectivity index (χ3n) is 5.47. The Balaban J connectivity index is 1.34. The maximum Gasteiger partial charge on any atom is 0.261 e. The van der Waals surface area contributed by atoms with E-state index in [0.29, 0.717) is 17.2 Å². The van der Waals surface area contributed by atoms with Gasteiger partial charge in [0.1, 0.15) is 0 Å². The van der Waals surface area contributed by atoms with Crippen LogP contribution in [0.25, 0.3) is 0 Å². The van der Waals surface area contributed by atoms with Gasteiger partial charge in [-0.3, -0.25) is 9.52 Å². The van der Waals surface area contributed by atoms with Gasteiger partial charge < -0.3 is 14.8 Å². The Hall–Kier alpha value is -3.52. The fourth-order valence-corrected chi connectivity index (χ4v) is 5.02. The molecule has 3 aromatic carbocycles. The van der Waals surface area contributed by atoms with Gasteiger partial charge in [-0.05, 0) is 54.3 Å². The molecule has 7 nitrogen and oxygen atoms in total. The summed E-state index contributed by atoms with van der Waals surface area (Å²) in [6.07, 6.45) is 1.74. The second kappa shape index (κ2) is 7.63. The topological polar surface area (TPSA) is 93.7 Å². The first-order chi connectivity index (χ1) is 15.0. The van der Waals surface area contributed by atoms with Crippen LogP contribution in [-0.4, -0.2) is 21.1 Å². The van der Waals surface area contributed by atoms with E-state index in [2.05, 4.69) is 16.1 Å². The Morgan fingerprint density at radius 2 is 1.77 bits per heavy atom. The van der Waals surface area contributed by atoms with Crippen LogP contribution in [-0.2, 0) is 16.4 Å². The molecule has 0 bridgehead atoms. The molecule has 0 saturated heterocycles. The molecule has 0 saturated carbocycles. The summed E-state index contributed by atoms with van der Waals surface area (Å²) in [5.74, 6) is 0.738. The van der Waals surface area contributed by atoms with E-state index in [1.807, 2.05) is 18.2 Å². The van der Waals surface area contributed by atoms with Gasteiger partial charge in [0.2, 0.25) is 6.79 Å². The fourth-order valence-electron chi connectivity index (χ4n) is 3.93. The van der Waals surface area contributed by atoms with Crippen molar-refractivity contribution in [2.45, 2.75) is 23.8 Å². The van der Waals surface area contributed by atoms with Gasteiger partial charge in [0.05, 0.1) is 16.6 Å². The highest BCUT2D eigenvalue weighted by molar-refractivity contribution is 7.92. The van der Waals surface area contributed by atoms with E-state index in [-0.39, 0.29) is 29.2 Å². The van der Waals surface area contributed by atoms with E-state index in [9.17, 15) is 13.2 Å². The molecule has 8 heteroatoms. The quantitative estimate of drug-likeness (QED) is 0.637. The molecule has 0 aromatic heterocycles. The Bertz CT molecular complexity index is 1270. The van der Waals surface area contributed by atoms with Crippen LogP contribution in [0.4, 0.5) is 5.69 Å². The van der Waals surface area contributed by atoms with Crippen LogP contribution in [0.5, 0.6) is 11.5 Å². The molecule has 5 rings (SSSR count). The van der Waals surface area contributed by atoms with Gasteiger partial charge in [0.15, 0.2) is 11.5 Å². The first kappa shape index (κ1) is 19.4. The van der Waals surface area contributed by atoms with Crippen LogP contribution in [0.1, 0.15) is 33.9 Å². The maximum absolute atomic E-state index is 12.9. The van der Waals surface area contributed by atoms with Crippen LogP contribution in [0, 0.1) is 0 Å². The Labute approximate surface area is 180 Å². The number of amides is 1. The molecule has 0 fully saturated rings. The molecular formula is C23H20N2O5S. The molecule has 158 valence electrons. The van der Waals surface area contributed by atoms with Crippen LogP contribution in [0.3, 0.4) is 0 Å². The predicted molar refractivity (Wildman–Crippen MR) is 115 cm³/mol. The van der Waals surface area contributed by atoms with E-state index >= 15 is 0 Å². The van der Waals surface area contributed by atoms with Crippen LogP contribution >= 0.6 is 0 Å². The van der Waals surface area contributed by atoms with E-state index in [4.69, 9.17) is 9.47 Å². The second-order valence-electron chi connectivity index (χ2n) is 7.46. The first-order valence-corrected chi connectivity index (χ1v) is 11.4. The average molecular weight is 436 g/mol. The number of carbonyl (C=O) groups excluding carboxylic acids is 1. The Kier molecular flexibility index (Phi) is 4.78. The zero-order valence-corrected chi connectivity index (χ0v) is 17.3. The zero-order valence-electron chi connectivity index (χ0n) is 16.5. The van der Waals surface area contributed by atoms with E-state index < -0.39 is 10.0 Å². The Morgan fingerprint density at radius 3 is 2.68 bits per heavy atom. The van der Waals surface area contributed by atoms with Crippen LogP contribution in [0.2, 0.25) is 0 Å². The number of nitrogens with one attached hydrogen (secondary N) is 2. The first-order valence-electron chi connectivity index (χ1n) is 9.91. The van der Waals surface area contributed by atoms with Crippen molar-refractivity contribution in [1.82, 2.24) is 5.32 Å². The molecule has 2 aliphatic rings. The summed E-state index contributed by atoms with van der Waals surface area (Å²) in [5, 5.41) is 3.02. The van der Waals surface area contributed by atoms with Crippen molar-refractivity contribution in [3.63, 3.8) is 0 Å². The second-order valence-corrected chi connectivity index (χ2v) is 9.15. The Morgan fingerprint density at radius 1 is 0.935 bits per heavy atom. The molecule has 0 radical (unpaired) electrons. The molecule has 3 aromatic rings. The van der Waals surface area contributed by atoms with Gasteiger partial charge in [-0.15, -0.1) is 0 Å². The number of hydrogen-bond donors (Lipinski definition) is 2. The number of rotatable bonds is 5. The molecule has 1 atom stereocenters. The normalized spacial score (nSPS) is 16.6. The molecule has 2 N–H and O–H groups in total. The monoisotopic (exact) mass is 436 g/mol. The molecule has 1 aliphatic carbocycles. The van der Waals surface area contributed by atoms with Gasteiger partial charge in [-0.1, -0.05) is 30.3 Å². The van der Waals surface area contributed by atoms with Gasteiger partial charge >= 0.3 is 0 Å². The highest BCUT2D eigenvalue weighted by Crippen LogP contribution is 2.35. The van der Waals surface area contributed by atoms with Gasteiger partial charge in [-0.2, -0.15) is 0 Å². The molecule has 1 heterocycles. The number of ether oxygens (including phenoxy) is 2. The van der Waals surface area contributed by atoms with Crippen molar-refractivity contribution >= 4 is 21.6 Å². The summed E-state index contributed by atoms with van der Waals surface area (Å²) in [6.45, 7) is 0.105. The SMILES string of the molecule is O=C(NC1CCc2ccccc21)c1cccc(S(=O)(=O)Nc2ccc3c(c2)OCO3)c1. The summed E-state index contributed by atoms with van der Waals surface area (Å²) < 4.78 is 38.8. The molecule has 1 unspecified atom stereocenters. The number of sulfonamides is 1. The standard InChI is InChI=1S/C23H20N2O5S/c26-23(24-20-10-8-15-4-1-2-7-19(15)20)16-5-3-6-18(12-16)31(27,28)25-17-9-11-21-22(13-17)30-14-29-21/h1-7,9,11-13,20,25H,8,10,14H2,(H,24,26).